The molecule has 1 atom stereocenters. The quantitative estimate of drug-likeness (QED) is 0.771. The summed E-state index contributed by atoms with van der Waals surface area (Å²) >= 11 is 4.06. The minimum absolute atomic E-state index is 0.0342. The topological polar surface area (TPSA) is 55.1 Å². The molecule has 0 aliphatic carbocycles. The Hall–Kier alpha value is -0.140. The SMILES string of the molecule is CCCC(N)C(=O)NCCc1ccc(I)s1. The van der Waals surface area contributed by atoms with E-state index in [2.05, 4.69) is 40.0 Å². The van der Waals surface area contributed by atoms with E-state index in [0.29, 0.717) is 6.54 Å². The van der Waals surface area contributed by atoms with E-state index in [1.807, 2.05) is 6.92 Å². The molecular formula is C11H17IN2OS. The molecule has 0 radical (unpaired) electrons. The van der Waals surface area contributed by atoms with E-state index in [1.54, 1.807) is 11.3 Å². The Bertz CT molecular complexity index is 340. The van der Waals surface area contributed by atoms with E-state index in [1.165, 1.54) is 7.76 Å². The third kappa shape index (κ3) is 4.80. The Morgan fingerprint density at radius 3 is 2.94 bits per heavy atom. The number of carbonyl (C=O) groups excluding carboxylic acids is 1. The van der Waals surface area contributed by atoms with Gasteiger partial charge < -0.3 is 11.1 Å². The van der Waals surface area contributed by atoms with Gasteiger partial charge in [-0.3, -0.25) is 4.79 Å². The monoisotopic (exact) mass is 352 g/mol. The maximum Gasteiger partial charge on any atom is 0.236 e. The maximum atomic E-state index is 11.5. The van der Waals surface area contributed by atoms with Crippen LogP contribution in [0.2, 0.25) is 0 Å². The highest BCUT2D eigenvalue weighted by Gasteiger charge is 2.11. The summed E-state index contributed by atoms with van der Waals surface area (Å²) in [6.07, 6.45) is 2.58. The van der Waals surface area contributed by atoms with Gasteiger partial charge in [0.25, 0.3) is 0 Å². The van der Waals surface area contributed by atoms with Crippen molar-refractivity contribution >= 4 is 39.8 Å². The number of rotatable bonds is 6. The van der Waals surface area contributed by atoms with Gasteiger partial charge in [-0.05, 0) is 47.6 Å². The number of carbonyl (C=O) groups is 1. The largest absolute Gasteiger partial charge is 0.354 e. The number of halogens is 1. The zero-order chi connectivity index (χ0) is 12.0. The molecule has 3 nitrogen and oxygen atoms in total. The van der Waals surface area contributed by atoms with Crippen molar-refractivity contribution in [3.8, 4) is 0 Å². The van der Waals surface area contributed by atoms with Crippen molar-refractivity contribution < 1.29 is 4.79 Å². The lowest BCUT2D eigenvalue weighted by Gasteiger charge is -2.10. The van der Waals surface area contributed by atoms with Gasteiger partial charge in [-0.15, -0.1) is 11.3 Å². The van der Waals surface area contributed by atoms with Crippen LogP contribution in [0.4, 0.5) is 0 Å². The molecule has 1 unspecified atom stereocenters. The van der Waals surface area contributed by atoms with Gasteiger partial charge >= 0.3 is 0 Å². The third-order valence-electron chi connectivity index (χ3n) is 2.24. The molecule has 0 aliphatic rings. The summed E-state index contributed by atoms with van der Waals surface area (Å²) in [5.74, 6) is -0.0342. The molecule has 0 bridgehead atoms. The first-order valence-corrected chi connectivity index (χ1v) is 7.30. The molecule has 1 amide bonds. The van der Waals surface area contributed by atoms with E-state index >= 15 is 0 Å². The van der Waals surface area contributed by atoms with E-state index in [0.717, 1.165) is 19.3 Å². The van der Waals surface area contributed by atoms with Crippen molar-refractivity contribution in [2.24, 2.45) is 5.73 Å². The van der Waals surface area contributed by atoms with Crippen molar-refractivity contribution in [3.05, 3.63) is 19.9 Å². The van der Waals surface area contributed by atoms with Crippen LogP contribution in [-0.2, 0) is 11.2 Å². The molecule has 1 aromatic heterocycles. The lowest BCUT2D eigenvalue weighted by Crippen LogP contribution is -2.41. The van der Waals surface area contributed by atoms with Crippen molar-refractivity contribution in [1.82, 2.24) is 5.32 Å². The normalized spacial score (nSPS) is 12.4. The molecule has 1 heterocycles. The molecule has 0 spiro atoms. The van der Waals surface area contributed by atoms with Crippen LogP contribution < -0.4 is 11.1 Å². The Kier molecular flexibility index (Phi) is 6.30. The number of nitrogens with one attached hydrogen (secondary N) is 1. The highest BCUT2D eigenvalue weighted by molar-refractivity contribution is 14.1. The first kappa shape index (κ1) is 13.9. The van der Waals surface area contributed by atoms with Gasteiger partial charge in [-0.25, -0.2) is 0 Å². The summed E-state index contributed by atoms with van der Waals surface area (Å²) in [7, 11) is 0. The maximum absolute atomic E-state index is 11.5. The van der Waals surface area contributed by atoms with E-state index in [-0.39, 0.29) is 11.9 Å². The Balaban J connectivity index is 2.22. The van der Waals surface area contributed by atoms with Crippen LogP contribution in [0, 0.1) is 2.88 Å². The number of nitrogens with two attached hydrogens (primary N) is 1. The van der Waals surface area contributed by atoms with Crippen LogP contribution >= 0.6 is 33.9 Å². The van der Waals surface area contributed by atoms with Crippen LogP contribution in [-0.4, -0.2) is 18.5 Å². The lowest BCUT2D eigenvalue weighted by atomic mass is 10.1. The standard InChI is InChI=1S/C11H17IN2OS/c1-2-3-9(13)11(15)14-7-6-8-4-5-10(12)16-8/h4-5,9H,2-3,6-7,13H2,1H3,(H,14,15). The van der Waals surface area contributed by atoms with E-state index < -0.39 is 0 Å². The zero-order valence-electron chi connectivity index (χ0n) is 9.33. The Labute approximate surface area is 114 Å². The molecule has 5 heteroatoms. The molecule has 0 fully saturated rings. The van der Waals surface area contributed by atoms with Crippen LogP contribution in [0.5, 0.6) is 0 Å². The molecule has 1 rings (SSSR count). The average molecular weight is 352 g/mol. The van der Waals surface area contributed by atoms with Gasteiger partial charge in [0, 0.05) is 11.4 Å². The van der Waals surface area contributed by atoms with Crippen LogP contribution in [0.15, 0.2) is 12.1 Å². The van der Waals surface area contributed by atoms with Crippen LogP contribution in [0.25, 0.3) is 0 Å². The van der Waals surface area contributed by atoms with Gasteiger partial charge in [0.2, 0.25) is 5.91 Å². The fourth-order valence-electron chi connectivity index (χ4n) is 1.37. The number of hydrogen-bond donors (Lipinski definition) is 2. The second kappa shape index (κ2) is 7.24. The van der Waals surface area contributed by atoms with Crippen molar-refractivity contribution in [2.45, 2.75) is 32.2 Å². The first-order chi connectivity index (χ1) is 7.63. The smallest absolute Gasteiger partial charge is 0.236 e. The molecule has 1 aromatic rings. The average Bonchev–Trinajstić information content (AvgIpc) is 2.64. The Morgan fingerprint density at radius 1 is 1.62 bits per heavy atom. The van der Waals surface area contributed by atoms with Crippen molar-refractivity contribution in [3.63, 3.8) is 0 Å². The predicted octanol–water partition coefficient (Wildman–Crippen LogP) is 2.14. The molecule has 0 saturated carbocycles. The molecule has 90 valence electrons. The second-order valence-corrected chi connectivity index (χ2v) is 6.70. The van der Waals surface area contributed by atoms with Gasteiger partial charge in [0.15, 0.2) is 0 Å². The fourth-order valence-corrected chi connectivity index (χ4v) is 3.12. The molecule has 0 aliphatic heterocycles. The minimum Gasteiger partial charge on any atom is -0.354 e. The highest BCUT2D eigenvalue weighted by Crippen LogP contribution is 2.18. The fraction of sp³-hybridized carbons (Fsp3) is 0.545. The van der Waals surface area contributed by atoms with Crippen LogP contribution in [0.3, 0.4) is 0 Å². The van der Waals surface area contributed by atoms with Gasteiger partial charge in [-0.1, -0.05) is 13.3 Å². The number of amides is 1. The molecule has 0 aromatic carbocycles. The van der Waals surface area contributed by atoms with E-state index in [9.17, 15) is 4.79 Å². The predicted molar refractivity (Wildman–Crippen MR) is 76.6 cm³/mol. The van der Waals surface area contributed by atoms with Gasteiger partial charge in [0.1, 0.15) is 0 Å². The summed E-state index contributed by atoms with van der Waals surface area (Å²) in [5, 5.41) is 2.87. The molecule has 0 saturated heterocycles. The number of hydrogen-bond acceptors (Lipinski definition) is 3. The zero-order valence-corrected chi connectivity index (χ0v) is 12.3. The van der Waals surface area contributed by atoms with Gasteiger partial charge in [-0.2, -0.15) is 0 Å². The van der Waals surface area contributed by atoms with Gasteiger partial charge in [0.05, 0.1) is 8.93 Å². The number of thiophene rings is 1. The third-order valence-corrected chi connectivity index (χ3v) is 4.19. The Morgan fingerprint density at radius 2 is 2.38 bits per heavy atom. The summed E-state index contributed by atoms with van der Waals surface area (Å²) in [6.45, 7) is 2.70. The summed E-state index contributed by atoms with van der Waals surface area (Å²) in [5.41, 5.74) is 5.70. The molecule has 3 N–H and O–H groups in total. The molecule has 16 heavy (non-hydrogen) atoms. The second-order valence-electron chi connectivity index (χ2n) is 3.64. The minimum atomic E-state index is -0.353. The van der Waals surface area contributed by atoms with Crippen molar-refractivity contribution in [1.29, 1.82) is 0 Å². The van der Waals surface area contributed by atoms with Crippen LogP contribution in [0.1, 0.15) is 24.6 Å². The summed E-state index contributed by atoms with van der Waals surface area (Å²) in [6, 6.07) is 3.84. The van der Waals surface area contributed by atoms with E-state index in [4.69, 9.17) is 5.73 Å². The highest BCUT2D eigenvalue weighted by atomic mass is 127. The lowest BCUT2D eigenvalue weighted by molar-refractivity contribution is -0.122. The van der Waals surface area contributed by atoms with Crippen molar-refractivity contribution in [2.75, 3.05) is 6.54 Å². The first-order valence-electron chi connectivity index (χ1n) is 5.41. The summed E-state index contributed by atoms with van der Waals surface area (Å²) in [4.78, 5) is 12.8. The molecular weight excluding hydrogens is 335 g/mol. The summed E-state index contributed by atoms with van der Waals surface area (Å²) < 4.78 is 1.28.